The molecule has 0 heteroatoms. The molecule has 0 aliphatic heterocycles. The predicted molar refractivity (Wildman–Crippen MR) is 70.7 cm³/mol. The molecule has 80 valence electrons. The molecule has 3 rings (SSSR count). The normalized spacial score (nSPS) is 14.8. The number of hydrogen-bond donors (Lipinski definition) is 0. The van der Waals surface area contributed by atoms with Crippen LogP contribution in [0.3, 0.4) is 0 Å². The zero-order valence-electron chi connectivity index (χ0n) is 9.88. The topological polar surface area (TPSA) is 0 Å². The summed E-state index contributed by atoms with van der Waals surface area (Å²) in [6.45, 7) is 4.45. The lowest BCUT2D eigenvalue weighted by molar-refractivity contribution is 1.07. The zero-order valence-corrected chi connectivity index (χ0v) is 9.88. The van der Waals surface area contributed by atoms with Crippen molar-refractivity contribution in [2.24, 2.45) is 0 Å². The first-order valence-corrected chi connectivity index (χ1v) is 5.95. The standard InChI is InChI=1S/C16H16/c1-11-5-3-7-13-10-16-12(2)6-4-8-14(16)9-15(11)13/h3,5,7-10H,4,6H2,1-2H3. The van der Waals surface area contributed by atoms with Crippen molar-refractivity contribution in [2.45, 2.75) is 26.7 Å². The van der Waals surface area contributed by atoms with Crippen molar-refractivity contribution in [2.75, 3.05) is 0 Å². The van der Waals surface area contributed by atoms with Gasteiger partial charge >= 0.3 is 0 Å². The summed E-state index contributed by atoms with van der Waals surface area (Å²) in [4.78, 5) is 0. The fourth-order valence-electron chi connectivity index (χ4n) is 2.62. The molecule has 0 amide bonds. The van der Waals surface area contributed by atoms with Crippen LogP contribution in [-0.2, 0) is 0 Å². The lowest BCUT2D eigenvalue weighted by atomic mass is 9.96. The number of hydrogen-bond acceptors (Lipinski definition) is 0. The van der Waals surface area contributed by atoms with Crippen molar-refractivity contribution in [3.63, 3.8) is 0 Å². The summed E-state index contributed by atoms with van der Waals surface area (Å²) < 4.78 is 0. The second-order valence-corrected chi connectivity index (χ2v) is 4.76. The summed E-state index contributed by atoms with van der Waals surface area (Å²) in [5.74, 6) is 0. The van der Waals surface area contributed by atoms with Crippen molar-refractivity contribution in [3.05, 3.63) is 46.3 Å². The highest BCUT2D eigenvalue weighted by Crippen LogP contribution is 2.16. The van der Waals surface area contributed by atoms with Crippen LogP contribution >= 0.6 is 0 Å². The Morgan fingerprint density at radius 2 is 1.94 bits per heavy atom. The van der Waals surface area contributed by atoms with Crippen molar-refractivity contribution in [3.8, 4) is 0 Å². The van der Waals surface area contributed by atoms with Gasteiger partial charge in [-0.3, -0.25) is 0 Å². The Morgan fingerprint density at radius 1 is 1.06 bits per heavy atom. The third kappa shape index (κ3) is 1.37. The van der Waals surface area contributed by atoms with Gasteiger partial charge in [0.05, 0.1) is 0 Å². The SMILES string of the molecule is CC1=c2cc3cccc(C)c3cc2=CCC1. The molecule has 0 fully saturated rings. The molecule has 1 aliphatic rings. The van der Waals surface area contributed by atoms with Crippen molar-refractivity contribution in [1.82, 2.24) is 0 Å². The summed E-state index contributed by atoms with van der Waals surface area (Å²) >= 11 is 0. The average Bonchev–Trinajstić information content (AvgIpc) is 2.29. The van der Waals surface area contributed by atoms with Gasteiger partial charge in [0.1, 0.15) is 0 Å². The molecule has 0 radical (unpaired) electrons. The minimum absolute atomic E-state index is 1.19. The number of fused-ring (bicyclic) bond motifs is 2. The highest BCUT2D eigenvalue weighted by Gasteiger charge is 2.02. The monoisotopic (exact) mass is 208 g/mol. The number of rotatable bonds is 0. The van der Waals surface area contributed by atoms with Gasteiger partial charge in [-0.25, -0.2) is 0 Å². The molecule has 0 aromatic heterocycles. The number of aryl methyl sites for hydroxylation is 1. The smallest absolute Gasteiger partial charge is 0.0148 e. The maximum absolute atomic E-state index is 2.37. The van der Waals surface area contributed by atoms with Crippen LogP contribution in [0.15, 0.2) is 30.3 Å². The minimum Gasteiger partial charge on any atom is -0.0763 e. The molecule has 0 saturated carbocycles. The van der Waals surface area contributed by atoms with E-state index in [0.717, 1.165) is 0 Å². The Kier molecular flexibility index (Phi) is 2.10. The Morgan fingerprint density at radius 3 is 2.81 bits per heavy atom. The van der Waals surface area contributed by atoms with Crippen LogP contribution < -0.4 is 10.4 Å². The summed E-state index contributed by atoms with van der Waals surface area (Å²) in [6.07, 6.45) is 4.77. The van der Waals surface area contributed by atoms with Crippen LogP contribution in [0.2, 0.25) is 0 Å². The second-order valence-electron chi connectivity index (χ2n) is 4.76. The zero-order chi connectivity index (χ0) is 11.1. The van der Waals surface area contributed by atoms with Gasteiger partial charge in [0.25, 0.3) is 0 Å². The third-order valence-corrected chi connectivity index (χ3v) is 3.61. The Balaban J connectivity index is 2.55. The summed E-state index contributed by atoms with van der Waals surface area (Å²) in [7, 11) is 0. The molecule has 0 heterocycles. The Labute approximate surface area is 95.9 Å². The lowest BCUT2D eigenvalue weighted by Crippen LogP contribution is -2.28. The molecule has 16 heavy (non-hydrogen) atoms. The van der Waals surface area contributed by atoms with Gasteiger partial charge in [0.2, 0.25) is 0 Å². The van der Waals surface area contributed by atoms with Gasteiger partial charge < -0.3 is 0 Å². The highest BCUT2D eigenvalue weighted by molar-refractivity contribution is 5.86. The lowest BCUT2D eigenvalue weighted by Gasteiger charge is -2.09. The molecule has 0 bridgehead atoms. The van der Waals surface area contributed by atoms with Crippen molar-refractivity contribution >= 4 is 22.4 Å². The maximum atomic E-state index is 2.37. The van der Waals surface area contributed by atoms with Crippen LogP contribution in [0.4, 0.5) is 0 Å². The predicted octanol–water partition coefficient (Wildman–Crippen LogP) is 2.89. The van der Waals surface area contributed by atoms with E-state index < -0.39 is 0 Å². The molecule has 0 spiro atoms. The van der Waals surface area contributed by atoms with Crippen LogP contribution in [0.1, 0.15) is 25.3 Å². The molecule has 0 nitrogen and oxygen atoms in total. The van der Waals surface area contributed by atoms with Crippen LogP contribution in [-0.4, -0.2) is 0 Å². The van der Waals surface area contributed by atoms with Gasteiger partial charge in [0, 0.05) is 0 Å². The molecule has 0 saturated heterocycles. The first kappa shape index (κ1) is 9.65. The van der Waals surface area contributed by atoms with E-state index in [1.165, 1.54) is 45.2 Å². The second kappa shape index (κ2) is 3.48. The maximum Gasteiger partial charge on any atom is -0.0148 e. The summed E-state index contributed by atoms with van der Waals surface area (Å²) in [5.41, 5.74) is 2.90. The van der Waals surface area contributed by atoms with Crippen molar-refractivity contribution in [1.29, 1.82) is 0 Å². The summed E-state index contributed by atoms with van der Waals surface area (Å²) in [6, 6.07) is 11.2. The van der Waals surface area contributed by atoms with E-state index in [1.807, 2.05) is 0 Å². The summed E-state index contributed by atoms with van der Waals surface area (Å²) in [5, 5.41) is 5.63. The van der Waals surface area contributed by atoms with Crippen molar-refractivity contribution < 1.29 is 0 Å². The molecule has 2 aromatic carbocycles. The van der Waals surface area contributed by atoms with Gasteiger partial charge in [0.15, 0.2) is 0 Å². The van der Waals surface area contributed by atoms with Crippen LogP contribution in [0.5, 0.6) is 0 Å². The average molecular weight is 208 g/mol. The fraction of sp³-hybridized carbons (Fsp3) is 0.250. The largest absolute Gasteiger partial charge is 0.0763 e. The van der Waals surface area contributed by atoms with Crippen LogP contribution in [0.25, 0.3) is 22.4 Å². The van der Waals surface area contributed by atoms with E-state index in [0.29, 0.717) is 0 Å². The van der Waals surface area contributed by atoms with E-state index >= 15 is 0 Å². The molecule has 0 unspecified atom stereocenters. The fourth-order valence-corrected chi connectivity index (χ4v) is 2.62. The van der Waals surface area contributed by atoms with Gasteiger partial charge in [-0.05, 0) is 65.6 Å². The van der Waals surface area contributed by atoms with Gasteiger partial charge in [-0.2, -0.15) is 0 Å². The molecular weight excluding hydrogens is 192 g/mol. The number of benzene rings is 2. The van der Waals surface area contributed by atoms with Gasteiger partial charge in [-0.15, -0.1) is 0 Å². The molecule has 1 aliphatic carbocycles. The Bertz CT molecular complexity index is 675. The first-order chi connectivity index (χ1) is 7.75. The van der Waals surface area contributed by atoms with Crippen LogP contribution in [0, 0.1) is 6.92 Å². The quantitative estimate of drug-likeness (QED) is 0.624. The van der Waals surface area contributed by atoms with E-state index in [1.54, 1.807) is 0 Å². The van der Waals surface area contributed by atoms with E-state index in [9.17, 15) is 0 Å². The molecule has 0 atom stereocenters. The molecular formula is C16H16. The first-order valence-electron chi connectivity index (χ1n) is 5.95. The Hall–Kier alpha value is -1.56. The third-order valence-electron chi connectivity index (χ3n) is 3.61. The minimum atomic E-state index is 1.19. The van der Waals surface area contributed by atoms with E-state index in [2.05, 4.69) is 50.3 Å². The highest BCUT2D eigenvalue weighted by atomic mass is 14.1. The van der Waals surface area contributed by atoms with Gasteiger partial charge in [-0.1, -0.05) is 29.8 Å². The molecule has 0 N–H and O–H groups in total. The molecule has 2 aromatic rings. The van der Waals surface area contributed by atoms with E-state index in [4.69, 9.17) is 0 Å². The van der Waals surface area contributed by atoms with E-state index in [-0.39, 0.29) is 0 Å².